The molecule has 0 radical (unpaired) electrons. The van der Waals surface area contributed by atoms with Gasteiger partial charge in [0, 0.05) is 24.9 Å². The average Bonchev–Trinajstić information content (AvgIpc) is 3.05. The Hall–Kier alpha value is -1.47. The van der Waals surface area contributed by atoms with Crippen molar-refractivity contribution in [2.75, 3.05) is 6.26 Å². The highest BCUT2D eigenvalue weighted by Crippen LogP contribution is 2.34. The van der Waals surface area contributed by atoms with E-state index in [1.807, 2.05) is 51.1 Å². The van der Waals surface area contributed by atoms with Crippen molar-refractivity contribution in [2.45, 2.75) is 88.8 Å². The lowest BCUT2D eigenvalue weighted by Gasteiger charge is -2.36. The Morgan fingerprint density at radius 1 is 1.13 bits per heavy atom. The molecule has 1 aromatic rings. The van der Waals surface area contributed by atoms with Crippen molar-refractivity contribution in [3.05, 3.63) is 53.1 Å². The number of hydrogen-bond donors (Lipinski definition) is 1. The zero-order chi connectivity index (χ0) is 22.3. The molecule has 2 aliphatic rings. The number of rotatable bonds is 6. The molecule has 0 fully saturated rings. The van der Waals surface area contributed by atoms with Crippen LogP contribution in [-0.2, 0) is 27.7 Å². The molecule has 30 heavy (non-hydrogen) atoms. The topological polar surface area (TPSA) is 66.8 Å². The summed E-state index contributed by atoms with van der Waals surface area (Å²) in [4.78, 5) is 2.80. The van der Waals surface area contributed by atoms with Gasteiger partial charge in [-0.3, -0.25) is 4.90 Å². The van der Waals surface area contributed by atoms with E-state index in [0.29, 0.717) is 4.90 Å². The minimum absolute atomic E-state index is 0.0462. The van der Waals surface area contributed by atoms with Crippen molar-refractivity contribution in [2.24, 2.45) is 0 Å². The Kier molecular flexibility index (Phi) is 6.36. The minimum Gasteiger partial charge on any atom is -0.386 e. The molecule has 1 aromatic carbocycles. The molecule has 3 rings (SSSR count). The van der Waals surface area contributed by atoms with Crippen molar-refractivity contribution in [1.29, 1.82) is 0 Å². The van der Waals surface area contributed by atoms with Crippen LogP contribution in [0.15, 0.2) is 46.9 Å². The van der Waals surface area contributed by atoms with Gasteiger partial charge in [0.2, 0.25) is 0 Å². The maximum absolute atomic E-state index is 11.9. The first kappa shape index (κ1) is 23.2. The van der Waals surface area contributed by atoms with Gasteiger partial charge in [-0.1, -0.05) is 18.2 Å². The smallest absolute Gasteiger partial charge is 0.175 e. The van der Waals surface area contributed by atoms with E-state index in [1.165, 1.54) is 17.4 Å². The van der Waals surface area contributed by atoms with Crippen LogP contribution in [0, 0.1) is 0 Å². The number of sulfone groups is 1. The molecule has 0 aromatic heterocycles. The quantitative estimate of drug-likeness (QED) is 0.734. The lowest BCUT2D eigenvalue weighted by Crippen LogP contribution is -2.40. The lowest BCUT2D eigenvalue weighted by molar-refractivity contribution is -0.0769. The number of allylic oxidation sites excluding steroid dienone is 2. The van der Waals surface area contributed by atoms with E-state index in [-0.39, 0.29) is 17.2 Å². The number of nitrogens with zero attached hydrogens (tertiary/aromatic N) is 1. The summed E-state index contributed by atoms with van der Waals surface area (Å²) >= 11 is 0. The largest absolute Gasteiger partial charge is 0.386 e. The summed E-state index contributed by atoms with van der Waals surface area (Å²) < 4.78 is 29.7. The molecule has 2 unspecified atom stereocenters. The molecule has 1 aliphatic carbocycles. The van der Waals surface area contributed by atoms with Gasteiger partial charge in [-0.2, -0.15) is 0 Å². The predicted molar refractivity (Wildman–Crippen MR) is 120 cm³/mol. The van der Waals surface area contributed by atoms with Crippen molar-refractivity contribution >= 4 is 9.84 Å². The van der Waals surface area contributed by atoms with Crippen LogP contribution >= 0.6 is 0 Å². The molecule has 0 saturated heterocycles. The van der Waals surface area contributed by atoms with Crippen molar-refractivity contribution in [3.63, 3.8) is 0 Å². The fourth-order valence-electron chi connectivity index (χ4n) is 4.01. The first-order valence-electron chi connectivity index (χ1n) is 10.6. The molecule has 0 amide bonds. The minimum atomic E-state index is -3.19. The monoisotopic (exact) mass is 433 g/mol. The normalized spacial score (nSPS) is 22.8. The van der Waals surface area contributed by atoms with Gasteiger partial charge in [-0.05, 0) is 82.4 Å². The van der Waals surface area contributed by atoms with Crippen molar-refractivity contribution < 1.29 is 18.3 Å². The molecule has 2 atom stereocenters. The first-order chi connectivity index (χ1) is 13.7. The molecule has 6 heteroatoms. The number of hydrogen-bond acceptors (Lipinski definition) is 5. The van der Waals surface area contributed by atoms with Crippen LogP contribution in [0.4, 0.5) is 0 Å². The Morgan fingerprint density at radius 3 is 2.43 bits per heavy atom. The second-order valence-corrected chi connectivity index (χ2v) is 12.2. The summed E-state index contributed by atoms with van der Waals surface area (Å²) in [5, 5.41) is 10.2. The molecule has 1 aliphatic heterocycles. The lowest BCUT2D eigenvalue weighted by atomic mass is 9.90. The molecular formula is C24H35NO4S. The summed E-state index contributed by atoms with van der Waals surface area (Å²) in [6, 6.07) is 5.48. The van der Waals surface area contributed by atoms with E-state index in [4.69, 9.17) is 4.74 Å². The second kappa shape index (κ2) is 8.23. The van der Waals surface area contributed by atoms with Gasteiger partial charge in [-0.25, -0.2) is 8.42 Å². The summed E-state index contributed by atoms with van der Waals surface area (Å²) in [5.41, 5.74) is 3.12. The van der Waals surface area contributed by atoms with Crippen LogP contribution in [0.3, 0.4) is 0 Å². The maximum atomic E-state index is 11.9. The zero-order valence-electron chi connectivity index (χ0n) is 19.0. The fraction of sp³-hybridized carbons (Fsp3) is 0.583. The second-order valence-electron chi connectivity index (χ2n) is 10.2. The molecule has 0 spiro atoms. The molecule has 0 saturated carbocycles. The number of benzene rings is 1. The van der Waals surface area contributed by atoms with Gasteiger partial charge in [0.05, 0.1) is 10.5 Å². The van der Waals surface area contributed by atoms with Gasteiger partial charge in [0.1, 0.15) is 12.2 Å². The molecule has 166 valence electrons. The van der Waals surface area contributed by atoms with E-state index in [9.17, 15) is 13.5 Å². The van der Waals surface area contributed by atoms with Crippen LogP contribution in [0.1, 0.15) is 58.6 Å². The van der Waals surface area contributed by atoms with Crippen LogP contribution < -0.4 is 0 Å². The SMILES string of the molecule is CC(C)(C)OC1C=C(CCC(C)(C)N2Cc3ccc(S(C)(=O)=O)cc3C2)C=CC1O. The Morgan fingerprint density at radius 2 is 1.80 bits per heavy atom. The van der Waals surface area contributed by atoms with Crippen LogP contribution in [0.2, 0.25) is 0 Å². The van der Waals surface area contributed by atoms with Gasteiger partial charge < -0.3 is 9.84 Å². The average molecular weight is 434 g/mol. The highest BCUT2D eigenvalue weighted by Gasteiger charge is 2.33. The van der Waals surface area contributed by atoms with Gasteiger partial charge in [-0.15, -0.1) is 0 Å². The van der Waals surface area contributed by atoms with Crippen LogP contribution in [0.25, 0.3) is 0 Å². The van der Waals surface area contributed by atoms with E-state index in [1.54, 1.807) is 6.07 Å². The predicted octanol–water partition coefficient (Wildman–Crippen LogP) is 4.01. The Labute approximate surface area is 181 Å². The molecule has 1 heterocycles. The first-order valence-corrected chi connectivity index (χ1v) is 12.5. The summed E-state index contributed by atoms with van der Waals surface area (Å²) in [6.07, 6.45) is 8.03. The number of ether oxygens (including phenoxy) is 1. The number of aliphatic hydroxyl groups is 1. The van der Waals surface area contributed by atoms with E-state index < -0.39 is 15.9 Å². The molecule has 1 N–H and O–H groups in total. The van der Waals surface area contributed by atoms with Crippen LogP contribution in [0.5, 0.6) is 0 Å². The van der Waals surface area contributed by atoms with Crippen molar-refractivity contribution in [3.8, 4) is 0 Å². The van der Waals surface area contributed by atoms with E-state index in [2.05, 4.69) is 18.7 Å². The summed E-state index contributed by atoms with van der Waals surface area (Å²) in [5.74, 6) is 0. The molecular weight excluding hydrogens is 398 g/mol. The highest BCUT2D eigenvalue weighted by atomic mass is 32.2. The molecule has 0 bridgehead atoms. The van der Waals surface area contributed by atoms with Gasteiger partial charge in [0.25, 0.3) is 0 Å². The van der Waals surface area contributed by atoms with Gasteiger partial charge in [0.15, 0.2) is 9.84 Å². The zero-order valence-corrected chi connectivity index (χ0v) is 19.8. The number of aliphatic hydroxyl groups excluding tert-OH is 1. The molecule has 5 nitrogen and oxygen atoms in total. The Bertz CT molecular complexity index is 954. The third-order valence-electron chi connectivity index (χ3n) is 5.92. The number of fused-ring (bicyclic) bond motifs is 1. The fourth-order valence-corrected chi connectivity index (χ4v) is 4.68. The third-order valence-corrected chi connectivity index (χ3v) is 7.03. The summed E-state index contributed by atoms with van der Waals surface area (Å²) in [6.45, 7) is 12.0. The van der Waals surface area contributed by atoms with E-state index >= 15 is 0 Å². The van der Waals surface area contributed by atoms with Gasteiger partial charge >= 0.3 is 0 Å². The third kappa shape index (κ3) is 5.61. The van der Waals surface area contributed by atoms with Crippen LogP contribution in [-0.4, -0.2) is 48.0 Å². The maximum Gasteiger partial charge on any atom is 0.175 e. The Balaban J connectivity index is 1.65. The summed E-state index contributed by atoms with van der Waals surface area (Å²) in [7, 11) is -3.19. The van der Waals surface area contributed by atoms with Crippen molar-refractivity contribution in [1.82, 2.24) is 4.90 Å². The standard InChI is InChI=1S/C24H35NO4S/c1-23(2,3)29-22-13-17(7-10-21(22)26)11-12-24(4,5)25-15-18-8-9-20(30(6,27)28)14-19(18)16-25/h7-10,13-14,21-22,26H,11-12,15-16H2,1-6H3. The van der Waals surface area contributed by atoms with E-state index in [0.717, 1.165) is 31.5 Å². The highest BCUT2D eigenvalue weighted by molar-refractivity contribution is 7.90.